The summed E-state index contributed by atoms with van der Waals surface area (Å²) in [6, 6.07) is 3.75. The van der Waals surface area contributed by atoms with Gasteiger partial charge in [0.05, 0.1) is 12.7 Å². The predicted molar refractivity (Wildman–Crippen MR) is 62.4 cm³/mol. The highest BCUT2D eigenvalue weighted by atomic mass is 35.5. The summed E-state index contributed by atoms with van der Waals surface area (Å²) in [5.74, 6) is -0.651. The molecule has 0 radical (unpaired) electrons. The van der Waals surface area contributed by atoms with Gasteiger partial charge < -0.3 is 10.5 Å². The molecular formula is C11H13ClF3NO2. The minimum atomic E-state index is -4.40. The highest BCUT2D eigenvalue weighted by molar-refractivity contribution is 5.85. The van der Waals surface area contributed by atoms with Gasteiger partial charge in [0.15, 0.2) is 0 Å². The maximum Gasteiger partial charge on any atom is 0.416 e. The minimum absolute atomic E-state index is 0. The molecular weight excluding hydrogens is 271 g/mol. The lowest BCUT2D eigenvalue weighted by Gasteiger charge is -2.11. The summed E-state index contributed by atoms with van der Waals surface area (Å²) in [5.41, 5.74) is 5.05. The average Bonchev–Trinajstić information content (AvgIpc) is 2.27. The first-order chi connectivity index (χ1) is 7.84. The maximum absolute atomic E-state index is 12.4. The molecule has 2 N–H and O–H groups in total. The third-order valence-electron chi connectivity index (χ3n) is 2.21. The van der Waals surface area contributed by atoms with Crippen LogP contribution in [0.5, 0.6) is 0 Å². The number of hydrogen-bond acceptors (Lipinski definition) is 3. The highest BCUT2D eigenvalue weighted by Crippen LogP contribution is 2.29. The topological polar surface area (TPSA) is 52.3 Å². The molecule has 0 heterocycles. The minimum Gasteiger partial charge on any atom is -0.468 e. The molecule has 0 aliphatic carbocycles. The van der Waals surface area contributed by atoms with E-state index in [1.165, 1.54) is 19.2 Å². The Bertz CT molecular complexity index is 410. The van der Waals surface area contributed by atoms with Crippen molar-refractivity contribution in [3.63, 3.8) is 0 Å². The van der Waals surface area contributed by atoms with E-state index in [4.69, 9.17) is 5.73 Å². The van der Waals surface area contributed by atoms with E-state index >= 15 is 0 Å². The first-order valence-corrected chi connectivity index (χ1v) is 4.84. The predicted octanol–water partition coefficient (Wildman–Crippen LogP) is 2.17. The number of ether oxygens (including phenoxy) is 1. The van der Waals surface area contributed by atoms with Crippen molar-refractivity contribution in [2.75, 3.05) is 7.11 Å². The first-order valence-electron chi connectivity index (χ1n) is 4.84. The number of carbonyl (C=O) groups is 1. The number of benzene rings is 1. The van der Waals surface area contributed by atoms with Gasteiger partial charge in [0.25, 0.3) is 0 Å². The summed E-state index contributed by atoms with van der Waals surface area (Å²) < 4.78 is 41.6. The largest absolute Gasteiger partial charge is 0.468 e. The summed E-state index contributed by atoms with van der Waals surface area (Å²) in [5, 5.41) is 0. The molecule has 0 saturated carbocycles. The van der Waals surface area contributed by atoms with Crippen LogP contribution in [-0.2, 0) is 22.1 Å². The van der Waals surface area contributed by atoms with Crippen LogP contribution in [0.25, 0.3) is 0 Å². The standard InChI is InChI=1S/C11H12F3NO2.ClH/c1-17-10(16)9(15)6-7-3-2-4-8(5-7)11(12,13)14;/h2-5,9H,6,15H2,1H3;1H/t9-;/m1./s1. The van der Waals surface area contributed by atoms with Crippen molar-refractivity contribution in [3.8, 4) is 0 Å². The van der Waals surface area contributed by atoms with Gasteiger partial charge in [0.1, 0.15) is 6.04 Å². The van der Waals surface area contributed by atoms with Crippen molar-refractivity contribution in [1.29, 1.82) is 0 Å². The molecule has 0 unspecified atom stereocenters. The Morgan fingerprint density at radius 2 is 2.06 bits per heavy atom. The lowest BCUT2D eigenvalue weighted by Crippen LogP contribution is -2.33. The first kappa shape index (κ1) is 16.7. The summed E-state index contributed by atoms with van der Waals surface area (Å²) in [6.07, 6.45) is -4.39. The number of esters is 1. The molecule has 0 fully saturated rings. The Morgan fingerprint density at radius 3 is 2.56 bits per heavy atom. The van der Waals surface area contributed by atoms with E-state index in [9.17, 15) is 18.0 Å². The summed E-state index contributed by atoms with van der Waals surface area (Å²) in [6.45, 7) is 0. The van der Waals surface area contributed by atoms with Gasteiger partial charge in [-0.1, -0.05) is 18.2 Å². The quantitative estimate of drug-likeness (QED) is 0.865. The smallest absolute Gasteiger partial charge is 0.416 e. The van der Waals surface area contributed by atoms with Crippen LogP contribution in [-0.4, -0.2) is 19.1 Å². The second kappa shape index (κ2) is 6.61. The van der Waals surface area contributed by atoms with E-state index in [-0.39, 0.29) is 18.8 Å². The van der Waals surface area contributed by atoms with E-state index in [1.54, 1.807) is 0 Å². The maximum atomic E-state index is 12.4. The SMILES string of the molecule is COC(=O)[C@H](N)Cc1cccc(C(F)(F)F)c1.Cl. The zero-order valence-electron chi connectivity index (χ0n) is 9.53. The van der Waals surface area contributed by atoms with Gasteiger partial charge in [-0.25, -0.2) is 0 Å². The number of halogens is 4. The van der Waals surface area contributed by atoms with Crippen molar-refractivity contribution >= 4 is 18.4 Å². The molecule has 0 bridgehead atoms. The Balaban J connectivity index is 0.00000289. The zero-order valence-corrected chi connectivity index (χ0v) is 10.3. The fourth-order valence-corrected chi connectivity index (χ4v) is 1.36. The lowest BCUT2D eigenvalue weighted by atomic mass is 10.0. The summed E-state index contributed by atoms with van der Waals surface area (Å²) in [7, 11) is 1.17. The van der Waals surface area contributed by atoms with Crippen LogP contribution < -0.4 is 5.73 Å². The van der Waals surface area contributed by atoms with Crippen molar-refractivity contribution < 1.29 is 22.7 Å². The van der Waals surface area contributed by atoms with E-state index in [1.807, 2.05) is 0 Å². The van der Waals surface area contributed by atoms with E-state index in [0.717, 1.165) is 12.1 Å². The average molecular weight is 284 g/mol. The number of methoxy groups -OCH3 is 1. The van der Waals surface area contributed by atoms with Crippen LogP contribution in [0.3, 0.4) is 0 Å². The van der Waals surface area contributed by atoms with Crippen molar-refractivity contribution in [2.45, 2.75) is 18.6 Å². The van der Waals surface area contributed by atoms with Crippen molar-refractivity contribution in [3.05, 3.63) is 35.4 Å². The Morgan fingerprint density at radius 1 is 1.44 bits per heavy atom. The molecule has 0 amide bonds. The molecule has 18 heavy (non-hydrogen) atoms. The zero-order chi connectivity index (χ0) is 13.1. The van der Waals surface area contributed by atoms with Crippen molar-refractivity contribution in [2.24, 2.45) is 5.73 Å². The number of hydrogen-bond donors (Lipinski definition) is 1. The molecule has 0 aliphatic heterocycles. The van der Waals surface area contributed by atoms with Gasteiger partial charge in [-0.2, -0.15) is 13.2 Å². The number of nitrogens with two attached hydrogens (primary N) is 1. The molecule has 1 rings (SSSR count). The monoisotopic (exact) mass is 283 g/mol. The molecule has 1 aromatic rings. The van der Waals surface area contributed by atoms with Gasteiger partial charge in [-0.3, -0.25) is 4.79 Å². The molecule has 0 aliphatic rings. The Labute approximate surface area is 109 Å². The number of alkyl halides is 3. The molecule has 0 saturated heterocycles. The Kier molecular flexibility index (Phi) is 6.14. The summed E-state index contributed by atoms with van der Waals surface area (Å²) in [4.78, 5) is 11.0. The van der Waals surface area contributed by atoms with Crippen LogP contribution >= 0.6 is 12.4 Å². The molecule has 102 valence electrons. The lowest BCUT2D eigenvalue weighted by molar-refractivity contribution is -0.142. The third kappa shape index (κ3) is 4.54. The fourth-order valence-electron chi connectivity index (χ4n) is 1.36. The van der Waals surface area contributed by atoms with Crippen LogP contribution in [0.15, 0.2) is 24.3 Å². The number of rotatable bonds is 3. The van der Waals surface area contributed by atoms with Gasteiger partial charge in [0.2, 0.25) is 0 Å². The molecule has 1 atom stereocenters. The van der Waals surface area contributed by atoms with Crippen LogP contribution in [0.1, 0.15) is 11.1 Å². The van der Waals surface area contributed by atoms with Gasteiger partial charge in [0, 0.05) is 0 Å². The van der Waals surface area contributed by atoms with Crippen LogP contribution in [0.4, 0.5) is 13.2 Å². The van der Waals surface area contributed by atoms with E-state index in [2.05, 4.69) is 4.74 Å². The number of carbonyl (C=O) groups excluding carboxylic acids is 1. The summed E-state index contributed by atoms with van der Waals surface area (Å²) >= 11 is 0. The normalized spacial score (nSPS) is 12.5. The van der Waals surface area contributed by atoms with Crippen LogP contribution in [0, 0.1) is 0 Å². The molecule has 0 spiro atoms. The molecule has 1 aromatic carbocycles. The second-order valence-electron chi connectivity index (χ2n) is 3.53. The third-order valence-corrected chi connectivity index (χ3v) is 2.21. The fraction of sp³-hybridized carbons (Fsp3) is 0.364. The Hall–Kier alpha value is -1.27. The molecule has 3 nitrogen and oxygen atoms in total. The highest BCUT2D eigenvalue weighted by Gasteiger charge is 2.30. The van der Waals surface area contributed by atoms with E-state index in [0.29, 0.717) is 5.56 Å². The van der Waals surface area contributed by atoms with Crippen molar-refractivity contribution in [1.82, 2.24) is 0 Å². The van der Waals surface area contributed by atoms with Gasteiger partial charge in [-0.15, -0.1) is 12.4 Å². The second-order valence-corrected chi connectivity index (χ2v) is 3.53. The molecule has 0 aromatic heterocycles. The van der Waals surface area contributed by atoms with Gasteiger partial charge >= 0.3 is 12.1 Å². The van der Waals surface area contributed by atoms with Gasteiger partial charge in [-0.05, 0) is 18.1 Å². The van der Waals surface area contributed by atoms with Crippen LogP contribution in [0.2, 0.25) is 0 Å². The molecule has 7 heteroatoms. The van der Waals surface area contributed by atoms with E-state index < -0.39 is 23.8 Å².